The van der Waals surface area contributed by atoms with Crippen molar-refractivity contribution in [3.05, 3.63) is 60.3 Å². The largest absolute Gasteiger partial charge is 0.403 e. The molecular weight excluding hydrogens is 442 g/mol. The van der Waals surface area contributed by atoms with Crippen LogP contribution in [0.3, 0.4) is 0 Å². The number of nitrogens with one attached hydrogen (secondary N) is 4. The lowest BCUT2D eigenvalue weighted by molar-refractivity contribution is 0.102. The number of anilines is 2. The van der Waals surface area contributed by atoms with Crippen LogP contribution in [0.4, 0.5) is 11.5 Å². The van der Waals surface area contributed by atoms with E-state index >= 15 is 0 Å². The summed E-state index contributed by atoms with van der Waals surface area (Å²) in [6.45, 7) is 9.98. The van der Waals surface area contributed by atoms with Crippen molar-refractivity contribution >= 4 is 34.2 Å². The monoisotopic (exact) mass is 475 g/mol. The fourth-order valence-electron chi connectivity index (χ4n) is 3.99. The Bertz CT molecular complexity index is 1220. The maximum atomic E-state index is 13.1. The Hall–Kier alpha value is -3.92. The van der Waals surface area contributed by atoms with Crippen LogP contribution in [0.25, 0.3) is 11.0 Å². The van der Waals surface area contributed by atoms with Gasteiger partial charge in [-0.1, -0.05) is 20.8 Å². The summed E-state index contributed by atoms with van der Waals surface area (Å²) in [5, 5.41) is 11.8. The normalized spacial score (nSPS) is 15.7. The first-order valence-corrected chi connectivity index (χ1v) is 11.9. The van der Waals surface area contributed by atoms with Crippen molar-refractivity contribution in [3.8, 4) is 0 Å². The lowest BCUT2D eigenvalue weighted by Gasteiger charge is -2.28. The molecule has 6 N–H and O–H groups in total. The summed E-state index contributed by atoms with van der Waals surface area (Å²) >= 11 is 0. The molecule has 35 heavy (non-hydrogen) atoms. The van der Waals surface area contributed by atoms with E-state index < -0.39 is 0 Å². The van der Waals surface area contributed by atoms with Crippen LogP contribution in [-0.2, 0) is 0 Å². The number of fused-ring (bicyclic) bond motifs is 1. The summed E-state index contributed by atoms with van der Waals surface area (Å²) in [5.41, 5.74) is 12.0. The highest BCUT2D eigenvalue weighted by Gasteiger charge is 2.21. The molecule has 1 aliphatic rings. The molecule has 1 aliphatic heterocycles. The van der Waals surface area contributed by atoms with Gasteiger partial charge in [-0.05, 0) is 24.1 Å². The van der Waals surface area contributed by atoms with E-state index in [1.165, 1.54) is 6.20 Å². The van der Waals surface area contributed by atoms with Crippen LogP contribution in [0.2, 0.25) is 0 Å². The second kappa shape index (κ2) is 11.0. The van der Waals surface area contributed by atoms with E-state index in [4.69, 9.17) is 5.73 Å². The summed E-state index contributed by atoms with van der Waals surface area (Å²) in [5.74, 6) is 1.14. The van der Waals surface area contributed by atoms with Crippen LogP contribution in [0.5, 0.6) is 0 Å². The molecule has 1 amide bonds. The molecule has 3 aromatic heterocycles. The second-order valence-electron chi connectivity index (χ2n) is 8.93. The number of nitrogens with two attached hydrogens (primary N) is 1. The van der Waals surface area contributed by atoms with E-state index in [1.54, 1.807) is 24.7 Å². The third-order valence-electron chi connectivity index (χ3n) is 6.30. The molecule has 3 aromatic rings. The van der Waals surface area contributed by atoms with Crippen LogP contribution in [0.1, 0.15) is 36.7 Å². The topological polar surface area (TPSA) is 136 Å². The van der Waals surface area contributed by atoms with Crippen molar-refractivity contribution < 1.29 is 4.79 Å². The number of hydrogen-bond acceptors (Lipinski definition) is 8. The minimum absolute atomic E-state index is 0.172. The van der Waals surface area contributed by atoms with Gasteiger partial charge in [-0.25, -0.2) is 9.97 Å². The Morgan fingerprint density at radius 3 is 2.77 bits per heavy atom. The highest BCUT2D eigenvalue weighted by Crippen LogP contribution is 2.26. The van der Waals surface area contributed by atoms with Crippen LogP contribution in [-0.4, -0.2) is 52.7 Å². The highest BCUT2D eigenvalue weighted by atomic mass is 16.1. The Morgan fingerprint density at radius 2 is 2.03 bits per heavy atom. The standard InChI is InChI=1S/C25H33N9O/c1-16(2)17(3)23(33-31-7-5-26)21-15-30-24-20(21)13-19(14-29-24)32-25(35)18-4-6-28-22(12-18)34-10-8-27-9-11-34/h4-7,12-17,27,31H,8-11,26H2,1-3H3,(H,29,30)(H,32,35)/b7-5-,33-23+. The SMILES string of the molecule is CC(C)C(C)/C(=N\N/C=C\N)c1c[nH]c2ncc(NC(=O)c3ccnc(N4CCNCC4)c3)cc12. The van der Waals surface area contributed by atoms with E-state index in [9.17, 15) is 4.79 Å². The molecule has 4 heterocycles. The molecule has 0 saturated carbocycles. The Balaban J connectivity index is 1.60. The van der Waals surface area contributed by atoms with Crippen LogP contribution in [0.15, 0.2) is 54.3 Å². The van der Waals surface area contributed by atoms with Gasteiger partial charge in [0.05, 0.1) is 17.6 Å². The molecule has 1 saturated heterocycles. The molecule has 0 radical (unpaired) electrons. The zero-order chi connectivity index (χ0) is 24.8. The fourth-order valence-corrected chi connectivity index (χ4v) is 3.99. The molecule has 4 rings (SSSR count). The molecule has 184 valence electrons. The van der Waals surface area contributed by atoms with E-state index in [2.05, 4.69) is 61.8 Å². The number of nitrogens with zero attached hydrogens (tertiary/aromatic N) is 4. The average Bonchev–Trinajstić information content (AvgIpc) is 3.30. The quantitative estimate of drug-likeness (QED) is 0.250. The molecule has 10 heteroatoms. The summed E-state index contributed by atoms with van der Waals surface area (Å²) in [6, 6.07) is 5.48. The first-order chi connectivity index (χ1) is 17.0. The minimum Gasteiger partial charge on any atom is -0.403 e. The number of hydrazone groups is 1. The third-order valence-corrected chi connectivity index (χ3v) is 6.30. The number of carbonyl (C=O) groups excluding carboxylic acids is 1. The Kier molecular flexibility index (Phi) is 7.61. The van der Waals surface area contributed by atoms with Crippen LogP contribution >= 0.6 is 0 Å². The van der Waals surface area contributed by atoms with Gasteiger partial charge in [0.15, 0.2) is 0 Å². The first-order valence-electron chi connectivity index (χ1n) is 11.9. The van der Waals surface area contributed by atoms with Crippen molar-refractivity contribution in [3.63, 3.8) is 0 Å². The van der Waals surface area contributed by atoms with Gasteiger partial charge in [-0.2, -0.15) is 5.10 Å². The van der Waals surface area contributed by atoms with Gasteiger partial charge >= 0.3 is 0 Å². The van der Waals surface area contributed by atoms with E-state index in [1.807, 2.05) is 18.3 Å². The molecule has 0 aromatic carbocycles. The van der Waals surface area contributed by atoms with Gasteiger partial charge in [0.2, 0.25) is 0 Å². The number of aromatic amines is 1. The third kappa shape index (κ3) is 5.60. The average molecular weight is 476 g/mol. The molecule has 10 nitrogen and oxygen atoms in total. The van der Waals surface area contributed by atoms with Gasteiger partial charge in [0.25, 0.3) is 5.91 Å². The number of carbonyl (C=O) groups is 1. The molecule has 0 aliphatic carbocycles. The number of rotatable bonds is 8. The molecule has 1 fully saturated rings. The van der Waals surface area contributed by atoms with E-state index in [0.29, 0.717) is 17.2 Å². The molecular formula is C25H33N9O. The lowest BCUT2D eigenvalue weighted by atomic mass is 9.89. The molecule has 0 spiro atoms. The van der Waals surface area contributed by atoms with Crippen molar-refractivity contribution in [2.75, 3.05) is 36.4 Å². The Labute approximate surface area is 205 Å². The summed E-state index contributed by atoms with van der Waals surface area (Å²) < 4.78 is 0. The minimum atomic E-state index is -0.207. The maximum absolute atomic E-state index is 13.1. The zero-order valence-electron chi connectivity index (χ0n) is 20.4. The Morgan fingerprint density at radius 1 is 1.23 bits per heavy atom. The maximum Gasteiger partial charge on any atom is 0.255 e. The summed E-state index contributed by atoms with van der Waals surface area (Å²) in [7, 11) is 0. The molecule has 1 atom stereocenters. The molecule has 1 unspecified atom stereocenters. The second-order valence-corrected chi connectivity index (χ2v) is 8.93. The van der Waals surface area contributed by atoms with Gasteiger partial charge in [-0.3, -0.25) is 10.2 Å². The highest BCUT2D eigenvalue weighted by molar-refractivity contribution is 6.12. The number of piperazine rings is 1. The first kappa shape index (κ1) is 24.2. The lowest BCUT2D eigenvalue weighted by Crippen LogP contribution is -2.43. The van der Waals surface area contributed by atoms with Gasteiger partial charge < -0.3 is 26.3 Å². The number of H-pyrrole nitrogens is 1. The number of amides is 1. The van der Waals surface area contributed by atoms with Crippen molar-refractivity contribution in [2.24, 2.45) is 22.7 Å². The van der Waals surface area contributed by atoms with Crippen molar-refractivity contribution in [1.82, 2.24) is 25.7 Å². The van der Waals surface area contributed by atoms with Crippen molar-refractivity contribution in [2.45, 2.75) is 20.8 Å². The number of hydrogen-bond donors (Lipinski definition) is 5. The predicted molar refractivity (Wildman–Crippen MR) is 140 cm³/mol. The van der Waals surface area contributed by atoms with Crippen LogP contribution in [0, 0.1) is 11.8 Å². The van der Waals surface area contributed by atoms with Gasteiger partial charge in [-0.15, -0.1) is 0 Å². The number of pyridine rings is 2. The van der Waals surface area contributed by atoms with E-state index in [-0.39, 0.29) is 11.8 Å². The smallest absolute Gasteiger partial charge is 0.255 e. The zero-order valence-corrected chi connectivity index (χ0v) is 20.4. The summed E-state index contributed by atoms with van der Waals surface area (Å²) in [6.07, 6.45) is 8.21. The van der Waals surface area contributed by atoms with Crippen LogP contribution < -0.4 is 26.7 Å². The summed E-state index contributed by atoms with van der Waals surface area (Å²) in [4.78, 5) is 27.4. The predicted octanol–water partition coefficient (Wildman–Crippen LogP) is 2.64. The van der Waals surface area contributed by atoms with Crippen molar-refractivity contribution in [1.29, 1.82) is 0 Å². The molecule has 0 bridgehead atoms. The fraction of sp³-hybridized carbons (Fsp3) is 0.360. The van der Waals surface area contributed by atoms with E-state index in [0.717, 1.165) is 54.3 Å². The van der Waals surface area contributed by atoms with Gasteiger partial charge in [0, 0.05) is 73.4 Å². The number of aromatic nitrogens is 3. The van der Waals surface area contributed by atoms with Gasteiger partial charge in [0.1, 0.15) is 11.5 Å².